The second-order valence-corrected chi connectivity index (χ2v) is 5.44. The first kappa shape index (κ1) is 13.2. The summed E-state index contributed by atoms with van der Waals surface area (Å²) in [5.41, 5.74) is 1.85. The Hall–Kier alpha value is -1.75. The molecule has 2 aromatic heterocycles. The average molecular weight is 337 g/mol. The van der Waals surface area contributed by atoms with Gasteiger partial charge in [-0.3, -0.25) is 0 Å². The van der Waals surface area contributed by atoms with Crippen molar-refractivity contribution in [3.05, 3.63) is 33.7 Å². The van der Waals surface area contributed by atoms with Gasteiger partial charge in [-0.1, -0.05) is 0 Å². The number of esters is 1. The molecule has 104 valence electrons. The zero-order chi connectivity index (χ0) is 14.4. The Morgan fingerprint density at radius 2 is 1.95 bits per heavy atom. The van der Waals surface area contributed by atoms with Crippen LogP contribution in [0.25, 0.3) is 21.9 Å². The second-order valence-electron chi connectivity index (χ2n) is 4.59. The number of fused-ring (bicyclic) bond motifs is 3. The van der Waals surface area contributed by atoms with Crippen LogP contribution in [-0.2, 0) is 4.74 Å². The fraction of sp³-hybridized carbons (Fsp3) is 0.267. The SMILES string of the molecule is CCOC(=O)c1c(C)oc2c1cc(Br)c1oc(C)cc12. The highest BCUT2D eigenvalue weighted by atomic mass is 79.9. The summed E-state index contributed by atoms with van der Waals surface area (Å²) >= 11 is 3.48. The number of ether oxygens (including phenoxy) is 1. The van der Waals surface area contributed by atoms with Crippen molar-refractivity contribution in [2.45, 2.75) is 20.8 Å². The molecule has 0 saturated carbocycles. The minimum Gasteiger partial charge on any atom is -0.462 e. The third-order valence-corrected chi connectivity index (χ3v) is 3.78. The molecule has 0 atom stereocenters. The number of carbonyl (C=O) groups excluding carboxylic acids is 1. The zero-order valence-electron chi connectivity index (χ0n) is 11.4. The Morgan fingerprint density at radius 1 is 1.20 bits per heavy atom. The summed E-state index contributed by atoms with van der Waals surface area (Å²) < 4.78 is 17.3. The number of aryl methyl sites for hydroxylation is 2. The van der Waals surface area contributed by atoms with Crippen LogP contribution in [-0.4, -0.2) is 12.6 Å². The van der Waals surface area contributed by atoms with Crippen molar-refractivity contribution in [3.63, 3.8) is 0 Å². The van der Waals surface area contributed by atoms with Gasteiger partial charge >= 0.3 is 5.97 Å². The van der Waals surface area contributed by atoms with E-state index in [2.05, 4.69) is 15.9 Å². The molecule has 0 aliphatic heterocycles. The number of halogens is 1. The first-order chi connectivity index (χ1) is 9.52. The van der Waals surface area contributed by atoms with E-state index in [0.717, 1.165) is 26.6 Å². The lowest BCUT2D eigenvalue weighted by molar-refractivity contribution is 0.0526. The van der Waals surface area contributed by atoms with Crippen molar-refractivity contribution in [2.24, 2.45) is 0 Å². The Bertz CT molecular complexity index is 825. The smallest absolute Gasteiger partial charge is 0.342 e. The molecular weight excluding hydrogens is 324 g/mol. The first-order valence-corrected chi connectivity index (χ1v) is 7.11. The van der Waals surface area contributed by atoms with Gasteiger partial charge in [0, 0.05) is 5.39 Å². The number of carbonyl (C=O) groups is 1. The van der Waals surface area contributed by atoms with Crippen molar-refractivity contribution in [1.29, 1.82) is 0 Å². The van der Waals surface area contributed by atoms with Crippen LogP contribution in [0.2, 0.25) is 0 Å². The lowest BCUT2D eigenvalue weighted by Crippen LogP contribution is -2.05. The number of rotatable bonds is 2. The fourth-order valence-corrected chi connectivity index (χ4v) is 2.93. The van der Waals surface area contributed by atoms with Crippen LogP contribution in [0, 0.1) is 13.8 Å². The predicted molar refractivity (Wildman–Crippen MR) is 79.1 cm³/mol. The molecule has 0 aliphatic carbocycles. The summed E-state index contributed by atoms with van der Waals surface area (Å²) in [6.45, 7) is 5.75. The standard InChI is InChI=1S/C15H13BrO4/c1-4-18-15(17)12-8(3)20-13-9(12)6-11(16)14-10(13)5-7(2)19-14/h5-6H,4H2,1-3H3. The lowest BCUT2D eigenvalue weighted by Gasteiger charge is -2.00. The third-order valence-electron chi connectivity index (χ3n) is 3.19. The minimum absolute atomic E-state index is 0.333. The van der Waals surface area contributed by atoms with E-state index in [1.165, 1.54) is 0 Å². The van der Waals surface area contributed by atoms with Gasteiger partial charge in [0.1, 0.15) is 22.7 Å². The molecule has 0 spiro atoms. The summed E-state index contributed by atoms with van der Waals surface area (Å²) in [5.74, 6) is 0.979. The Kier molecular flexibility index (Phi) is 3.09. The van der Waals surface area contributed by atoms with Crippen LogP contribution in [0.5, 0.6) is 0 Å². The average Bonchev–Trinajstić information content (AvgIpc) is 2.90. The quantitative estimate of drug-likeness (QED) is 0.634. The van der Waals surface area contributed by atoms with Gasteiger partial charge in [0.25, 0.3) is 0 Å². The molecule has 0 radical (unpaired) electrons. The maximum absolute atomic E-state index is 12.1. The maximum atomic E-state index is 12.1. The fourth-order valence-electron chi connectivity index (χ4n) is 2.41. The van der Waals surface area contributed by atoms with Crippen molar-refractivity contribution in [3.8, 4) is 0 Å². The largest absolute Gasteiger partial charge is 0.462 e. The van der Waals surface area contributed by atoms with Gasteiger partial charge < -0.3 is 13.6 Å². The first-order valence-electron chi connectivity index (χ1n) is 6.31. The molecule has 3 aromatic rings. The molecule has 2 heterocycles. The summed E-state index contributed by atoms with van der Waals surface area (Å²) in [7, 11) is 0. The van der Waals surface area contributed by atoms with E-state index >= 15 is 0 Å². The normalized spacial score (nSPS) is 11.4. The monoisotopic (exact) mass is 336 g/mol. The Labute approximate surface area is 123 Å². The molecule has 3 rings (SSSR count). The molecule has 5 heteroatoms. The summed E-state index contributed by atoms with van der Waals surface area (Å²) in [4.78, 5) is 12.1. The molecule has 0 N–H and O–H groups in total. The molecule has 0 bridgehead atoms. The number of hydrogen-bond acceptors (Lipinski definition) is 4. The Morgan fingerprint density at radius 3 is 2.65 bits per heavy atom. The second kappa shape index (κ2) is 4.66. The van der Waals surface area contributed by atoms with E-state index in [1.54, 1.807) is 13.8 Å². The third kappa shape index (κ3) is 1.85. The molecule has 4 nitrogen and oxygen atoms in total. The van der Waals surface area contributed by atoms with Gasteiger partial charge in [-0.2, -0.15) is 0 Å². The highest BCUT2D eigenvalue weighted by molar-refractivity contribution is 9.10. The molecule has 0 aliphatic rings. The summed E-state index contributed by atoms with van der Waals surface area (Å²) in [5, 5.41) is 1.59. The van der Waals surface area contributed by atoms with Crippen molar-refractivity contribution < 1.29 is 18.4 Å². The topological polar surface area (TPSA) is 52.6 Å². The lowest BCUT2D eigenvalue weighted by atomic mass is 10.1. The van der Waals surface area contributed by atoms with Crippen LogP contribution >= 0.6 is 15.9 Å². The highest BCUT2D eigenvalue weighted by Gasteiger charge is 2.23. The van der Waals surface area contributed by atoms with Crippen molar-refractivity contribution in [1.82, 2.24) is 0 Å². The van der Waals surface area contributed by atoms with E-state index < -0.39 is 0 Å². The molecule has 0 amide bonds. The molecule has 0 saturated heterocycles. The predicted octanol–water partition coefficient (Wildman–Crippen LogP) is 4.74. The van der Waals surface area contributed by atoms with Gasteiger partial charge in [0.2, 0.25) is 0 Å². The van der Waals surface area contributed by atoms with Gasteiger partial charge in [0.15, 0.2) is 5.58 Å². The van der Waals surface area contributed by atoms with E-state index in [-0.39, 0.29) is 5.97 Å². The number of benzene rings is 1. The highest BCUT2D eigenvalue weighted by Crippen LogP contribution is 2.38. The van der Waals surface area contributed by atoms with Crippen LogP contribution in [0.3, 0.4) is 0 Å². The van der Waals surface area contributed by atoms with Crippen molar-refractivity contribution >= 4 is 43.8 Å². The van der Waals surface area contributed by atoms with Gasteiger partial charge in [-0.15, -0.1) is 0 Å². The van der Waals surface area contributed by atoms with Gasteiger partial charge in [-0.05, 0) is 48.8 Å². The van der Waals surface area contributed by atoms with Gasteiger partial charge in [0.05, 0.1) is 16.5 Å². The maximum Gasteiger partial charge on any atom is 0.342 e. The molecule has 20 heavy (non-hydrogen) atoms. The van der Waals surface area contributed by atoms with Crippen LogP contribution in [0.4, 0.5) is 0 Å². The molecule has 1 aromatic carbocycles. The molecular formula is C15H13BrO4. The number of furan rings is 2. The van der Waals surface area contributed by atoms with E-state index in [9.17, 15) is 4.79 Å². The van der Waals surface area contributed by atoms with Crippen LogP contribution < -0.4 is 0 Å². The summed E-state index contributed by atoms with van der Waals surface area (Å²) in [6, 6.07) is 3.74. The van der Waals surface area contributed by atoms with E-state index in [0.29, 0.717) is 23.5 Å². The molecule has 0 fully saturated rings. The number of hydrogen-bond donors (Lipinski definition) is 0. The zero-order valence-corrected chi connectivity index (χ0v) is 13.0. The van der Waals surface area contributed by atoms with E-state index in [1.807, 2.05) is 19.1 Å². The van der Waals surface area contributed by atoms with Crippen LogP contribution in [0.15, 0.2) is 25.4 Å². The Balaban J connectivity index is 2.38. The minimum atomic E-state index is -0.366. The van der Waals surface area contributed by atoms with E-state index in [4.69, 9.17) is 13.6 Å². The van der Waals surface area contributed by atoms with Gasteiger partial charge in [-0.25, -0.2) is 4.79 Å². The molecule has 0 unspecified atom stereocenters. The summed E-state index contributed by atoms with van der Waals surface area (Å²) in [6.07, 6.45) is 0. The van der Waals surface area contributed by atoms with Crippen molar-refractivity contribution in [2.75, 3.05) is 6.61 Å². The van der Waals surface area contributed by atoms with Crippen LogP contribution in [0.1, 0.15) is 28.8 Å².